The van der Waals surface area contributed by atoms with E-state index in [0.29, 0.717) is 63.0 Å². The summed E-state index contributed by atoms with van der Waals surface area (Å²) in [5.74, 6) is -0.402. The van der Waals surface area contributed by atoms with E-state index in [0.717, 1.165) is 5.57 Å². The van der Waals surface area contributed by atoms with Crippen molar-refractivity contribution in [3.8, 4) is 0 Å². The minimum atomic E-state index is -1.01. The van der Waals surface area contributed by atoms with Crippen LogP contribution in [0.5, 0.6) is 0 Å². The molecule has 2 aliphatic heterocycles. The van der Waals surface area contributed by atoms with Gasteiger partial charge in [0.25, 0.3) is 5.56 Å². The maximum atomic E-state index is 13.7. The van der Waals surface area contributed by atoms with Crippen LogP contribution < -0.4 is 10.5 Å². The Labute approximate surface area is 197 Å². The summed E-state index contributed by atoms with van der Waals surface area (Å²) >= 11 is 0. The minimum absolute atomic E-state index is 0.00596. The number of ether oxygens (including phenoxy) is 1. The van der Waals surface area contributed by atoms with E-state index in [1.807, 2.05) is 31.7 Å². The number of hydrogen-bond donors (Lipinski definition) is 1. The Kier molecular flexibility index (Phi) is 6.24. The predicted molar refractivity (Wildman–Crippen MR) is 126 cm³/mol. The molecular weight excluding hydrogens is 440 g/mol. The smallest absolute Gasteiger partial charge is 0.327 e. The molecular formula is C23H32N6O5. The summed E-state index contributed by atoms with van der Waals surface area (Å²) in [4.78, 5) is 46.3. The molecule has 11 nitrogen and oxygen atoms in total. The summed E-state index contributed by atoms with van der Waals surface area (Å²) in [6.07, 6.45) is 2.51. The van der Waals surface area contributed by atoms with E-state index in [1.165, 1.54) is 11.4 Å². The lowest BCUT2D eigenvalue weighted by molar-refractivity contribution is -0.144. The fourth-order valence-electron chi connectivity index (χ4n) is 4.77. The summed E-state index contributed by atoms with van der Waals surface area (Å²) in [6.45, 7) is 11.7. The Morgan fingerprint density at radius 2 is 1.85 bits per heavy atom. The number of carbonyl (C=O) groups excluding carboxylic acids is 1. The summed E-state index contributed by atoms with van der Waals surface area (Å²) in [5.41, 5.74) is 0.780. The number of amides is 1. The van der Waals surface area contributed by atoms with Crippen molar-refractivity contribution in [2.45, 2.75) is 47.1 Å². The third-order valence-electron chi connectivity index (χ3n) is 6.51. The van der Waals surface area contributed by atoms with E-state index in [9.17, 15) is 19.5 Å². The molecule has 0 spiro atoms. The number of rotatable bonds is 4. The molecule has 0 bridgehead atoms. The third-order valence-corrected chi connectivity index (χ3v) is 6.51. The highest BCUT2D eigenvalue weighted by molar-refractivity contribution is 5.75. The second kappa shape index (κ2) is 8.86. The van der Waals surface area contributed by atoms with Gasteiger partial charge in [-0.25, -0.2) is 4.79 Å². The summed E-state index contributed by atoms with van der Waals surface area (Å²) in [5, 5.41) is 14.8. The first kappa shape index (κ1) is 23.9. The zero-order valence-electron chi connectivity index (χ0n) is 20.4. The molecule has 2 aliphatic rings. The van der Waals surface area contributed by atoms with Crippen LogP contribution in [0.4, 0.5) is 5.69 Å². The first-order chi connectivity index (χ1) is 16.0. The SMILES string of the molecule is CC(=O)N1CCN(c2c(C)n(C(C(=O)O)C(C)(C)C)c3nc(C4=CCOCC4)nn3c2=O)CC1. The van der Waals surface area contributed by atoms with Gasteiger partial charge in [-0.2, -0.15) is 9.50 Å². The highest BCUT2D eigenvalue weighted by atomic mass is 16.5. The molecule has 1 fully saturated rings. The Morgan fingerprint density at radius 3 is 2.38 bits per heavy atom. The molecule has 0 radical (unpaired) electrons. The van der Waals surface area contributed by atoms with Gasteiger partial charge < -0.3 is 19.6 Å². The average Bonchev–Trinajstić information content (AvgIpc) is 3.22. The Bertz CT molecular complexity index is 1210. The molecule has 1 atom stereocenters. The van der Waals surface area contributed by atoms with Crippen molar-refractivity contribution in [1.29, 1.82) is 0 Å². The number of hydrogen-bond acceptors (Lipinski definition) is 7. The zero-order chi connectivity index (χ0) is 24.8. The molecule has 4 rings (SSSR count). The molecule has 1 unspecified atom stereocenters. The molecule has 0 saturated carbocycles. The zero-order valence-corrected chi connectivity index (χ0v) is 20.4. The molecule has 2 aromatic rings. The molecule has 11 heteroatoms. The molecule has 1 amide bonds. The van der Waals surface area contributed by atoms with Crippen LogP contribution in [0.15, 0.2) is 10.9 Å². The number of piperazine rings is 1. The van der Waals surface area contributed by atoms with Gasteiger partial charge in [0, 0.05) is 38.8 Å². The standard InChI is InChI=1S/C23H32N6O5/c1-14-17(27-10-8-26(9-11-27)15(2)30)20(31)29-22(28(14)18(21(32)33)23(3,4)5)24-19(25-29)16-6-12-34-13-7-16/h6,18H,7-13H2,1-5H3,(H,32,33). The lowest BCUT2D eigenvalue weighted by atomic mass is 9.86. The van der Waals surface area contributed by atoms with Crippen molar-refractivity contribution < 1.29 is 19.4 Å². The molecule has 0 aliphatic carbocycles. The predicted octanol–water partition coefficient (Wildman–Crippen LogP) is 1.34. The average molecular weight is 473 g/mol. The van der Waals surface area contributed by atoms with Crippen LogP contribution in [0.25, 0.3) is 11.4 Å². The summed E-state index contributed by atoms with van der Waals surface area (Å²) < 4.78 is 8.24. The van der Waals surface area contributed by atoms with Crippen molar-refractivity contribution in [2.75, 3.05) is 44.3 Å². The van der Waals surface area contributed by atoms with Crippen LogP contribution in [-0.4, -0.2) is 80.4 Å². The van der Waals surface area contributed by atoms with Crippen molar-refractivity contribution in [3.05, 3.63) is 27.9 Å². The largest absolute Gasteiger partial charge is 0.480 e. The lowest BCUT2D eigenvalue weighted by Gasteiger charge is -2.37. The number of carboxylic acids is 1. The van der Waals surface area contributed by atoms with Gasteiger partial charge in [0.05, 0.1) is 13.2 Å². The first-order valence-corrected chi connectivity index (χ1v) is 11.5. The van der Waals surface area contributed by atoms with Crippen molar-refractivity contribution in [3.63, 3.8) is 0 Å². The van der Waals surface area contributed by atoms with Gasteiger partial charge in [-0.15, -0.1) is 5.10 Å². The van der Waals surface area contributed by atoms with Crippen LogP contribution in [0.1, 0.15) is 51.7 Å². The van der Waals surface area contributed by atoms with Crippen molar-refractivity contribution in [2.24, 2.45) is 5.41 Å². The van der Waals surface area contributed by atoms with Crippen LogP contribution >= 0.6 is 0 Å². The van der Waals surface area contributed by atoms with Crippen molar-refractivity contribution in [1.82, 2.24) is 24.1 Å². The second-order valence-corrected chi connectivity index (χ2v) is 9.91. The van der Waals surface area contributed by atoms with Crippen LogP contribution in [-0.2, 0) is 14.3 Å². The van der Waals surface area contributed by atoms with Crippen LogP contribution in [0.3, 0.4) is 0 Å². The lowest BCUT2D eigenvalue weighted by Crippen LogP contribution is -2.50. The highest BCUT2D eigenvalue weighted by Gasteiger charge is 2.37. The number of fused-ring (bicyclic) bond motifs is 1. The number of carboxylic acid groups (broad SMARTS) is 1. The highest BCUT2D eigenvalue weighted by Crippen LogP contribution is 2.35. The van der Waals surface area contributed by atoms with E-state index in [2.05, 4.69) is 10.1 Å². The van der Waals surface area contributed by atoms with Gasteiger partial charge in [-0.05, 0) is 24.3 Å². The first-order valence-electron chi connectivity index (χ1n) is 11.5. The fraction of sp³-hybridized carbons (Fsp3) is 0.609. The van der Waals surface area contributed by atoms with Gasteiger partial charge >= 0.3 is 5.97 Å². The minimum Gasteiger partial charge on any atom is -0.480 e. The van der Waals surface area contributed by atoms with Gasteiger partial charge in [0.15, 0.2) is 5.82 Å². The van der Waals surface area contributed by atoms with E-state index >= 15 is 0 Å². The summed E-state index contributed by atoms with van der Waals surface area (Å²) in [7, 11) is 0. The molecule has 2 aromatic heterocycles. The number of nitrogens with zero attached hydrogens (tertiary/aromatic N) is 6. The fourth-order valence-corrected chi connectivity index (χ4v) is 4.77. The van der Waals surface area contributed by atoms with E-state index in [-0.39, 0.29) is 17.2 Å². The number of aromatic nitrogens is 4. The number of carbonyl (C=O) groups is 2. The molecule has 4 heterocycles. The second-order valence-electron chi connectivity index (χ2n) is 9.91. The quantitative estimate of drug-likeness (QED) is 0.708. The van der Waals surface area contributed by atoms with Crippen molar-refractivity contribution >= 4 is 28.9 Å². The Morgan fingerprint density at radius 1 is 1.18 bits per heavy atom. The summed E-state index contributed by atoms with van der Waals surface area (Å²) in [6, 6.07) is -0.978. The molecule has 184 valence electrons. The molecule has 1 N–H and O–H groups in total. The normalized spacial score (nSPS) is 18.2. The third kappa shape index (κ3) is 4.20. The Hall–Kier alpha value is -3.21. The Balaban J connectivity index is 1.94. The van der Waals surface area contributed by atoms with Gasteiger partial charge in [-0.1, -0.05) is 26.8 Å². The molecule has 0 aromatic carbocycles. The van der Waals surface area contributed by atoms with Crippen LogP contribution in [0, 0.1) is 12.3 Å². The van der Waals surface area contributed by atoms with E-state index in [4.69, 9.17) is 4.74 Å². The van der Waals surface area contributed by atoms with E-state index < -0.39 is 17.4 Å². The maximum absolute atomic E-state index is 13.7. The number of aliphatic carboxylic acids is 1. The number of anilines is 1. The van der Waals surface area contributed by atoms with Gasteiger partial charge in [0.2, 0.25) is 11.7 Å². The van der Waals surface area contributed by atoms with Crippen LogP contribution in [0.2, 0.25) is 0 Å². The molecule has 34 heavy (non-hydrogen) atoms. The van der Waals surface area contributed by atoms with Gasteiger partial charge in [0.1, 0.15) is 11.7 Å². The van der Waals surface area contributed by atoms with Gasteiger partial charge in [-0.3, -0.25) is 14.2 Å². The topological polar surface area (TPSA) is 122 Å². The maximum Gasteiger partial charge on any atom is 0.327 e. The van der Waals surface area contributed by atoms with E-state index in [1.54, 1.807) is 16.4 Å². The monoisotopic (exact) mass is 472 g/mol. The molecule has 1 saturated heterocycles.